The van der Waals surface area contributed by atoms with Crippen molar-refractivity contribution in [1.29, 1.82) is 0 Å². The van der Waals surface area contributed by atoms with Gasteiger partial charge in [0.15, 0.2) is 17.2 Å². The van der Waals surface area contributed by atoms with Crippen LogP contribution in [0.4, 0.5) is 17.1 Å². The van der Waals surface area contributed by atoms with Crippen LogP contribution in [0.15, 0.2) is 57.4 Å². The van der Waals surface area contributed by atoms with E-state index < -0.39 is 0 Å². The van der Waals surface area contributed by atoms with Crippen molar-refractivity contribution in [3.8, 4) is 23.0 Å². The third-order valence-corrected chi connectivity index (χ3v) is 4.88. The van der Waals surface area contributed by atoms with Gasteiger partial charge in [0.05, 0.1) is 11.4 Å². The second kappa shape index (κ2) is 10.1. The molecule has 33 heavy (non-hydrogen) atoms. The maximum Gasteiger partial charge on any atom is 0.240 e. The summed E-state index contributed by atoms with van der Waals surface area (Å²) in [6, 6.07) is 11.9. The van der Waals surface area contributed by atoms with Crippen molar-refractivity contribution in [3.05, 3.63) is 64.7 Å². The van der Waals surface area contributed by atoms with Crippen LogP contribution in [0, 0.1) is 27.7 Å². The number of benzene rings is 3. The van der Waals surface area contributed by atoms with E-state index in [1.807, 2.05) is 0 Å². The summed E-state index contributed by atoms with van der Waals surface area (Å²) < 4.78 is 12.1. The minimum Gasteiger partial charge on any atom is -0.455 e. The average Bonchev–Trinajstić information content (AvgIpc) is 2.77. The third-order valence-electron chi connectivity index (χ3n) is 4.88. The lowest BCUT2D eigenvalue weighted by Crippen LogP contribution is -1.93. The molecule has 0 radical (unpaired) electrons. The summed E-state index contributed by atoms with van der Waals surface area (Å²) in [4.78, 5) is 43.5. The Morgan fingerprint density at radius 3 is 1.39 bits per heavy atom. The van der Waals surface area contributed by atoms with Crippen LogP contribution in [-0.2, 0) is 14.4 Å². The smallest absolute Gasteiger partial charge is 0.240 e. The zero-order chi connectivity index (χ0) is 24.0. The molecule has 0 heterocycles. The number of nitrogens with zero attached hydrogens (tertiary/aromatic N) is 3. The lowest BCUT2D eigenvalue weighted by Gasteiger charge is -2.16. The Morgan fingerprint density at radius 2 is 1.00 bits per heavy atom. The Morgan fingerprint density at radius 1 is 0.576 bits per heavy atom. The summed E-state index contributed by atoms with van der Waals surface area (Å²) in [7, 11) is 0. The minimum atomic E-state index is 0.159. The van der Waals surface area contributed by atoms with Gasteiger partial charge in [0.25, 0.3) is 0 Å². The molecule has 8 nitrogen and oxygen atoms in total. The number of aryl methyl sites for hydroxylation is 4. The molecule has 0 unspecified atom stereocenters. The van der Waals surface area contributed by atoms with Crippen LogP contribution in [0.5, 0.6) is 23.0 Å². The molecule has 0 saturated carbocycles. The molecule has 3 aromatic carbocycles. The molecule has 0 bridgehead atoms. The van der Waals surface area contributed by atoms with Crippen molar-refractivity contribution in [3.63, 3.8) is 0 Å². The van der Waals surface area contributed by atoms with Gasteiger partial charge in [-0.2, -0.15) is 15.0 Å². The fourth-order valence-electron chi connectivity index (χ4n) is 3.17. The zero-order valence-corrected chi connectivity index (χ0v) is 18.4. The fourth-order valence-corrected chi connectivity index (χ4v) is 3.17. The van der Waals surface area contributed by atoms with Crippen molar-refractivity contribution < 1.29 is 23.9 Å². The van der Waals surface area contributed by atoms with E-state index in [-0.39, 0.29) is 17.2 Å². The van der Waals surface area contributed by atoms with Gasteiger partial charge in [-0.25, -0.2) is 14.4 Å². The van der Waals surface area contributed by atoms with Crippen LogP contribution >= 0.6 is 0 Å². The van der Waals surface area contributed by atoms with Gasteiger partial charge < -0.3 is 9.47 Å². The molecule has 0 saturated heterocycles. The summed E-state index contributed by atoms with van der Waals surface area (Å²) >= 11 is 0. The molecule has 3 aromatic rings. The fraction of sp³-hybridized carbons (Fsp3) is 0.160. The molecule has 0 aliphatic heterocycles. The van der Waals surface area contributed by atoms with Crippen molar-refractivity contribution in [2.24, 2.45) is 15.0 Å². The quantitative estimate of drug-likeness (QED) is 0.311. The highest BCUT2D eigenvalue weighted by Crippen LogP contribution is 2.43. The first kappa shape index (κ1) is 23.1. The number of aliphatic imine (C=N–C) groups is 3. The maximum atomic E-state index is 11.2. The molecule has 0 aromatic heterocycles. The number of ether oxygens (including phenoxy) is 2. The van der Waals surface area contributed by atoms with E-state index in [2.05, 4.69) is 15.0 Å². The second-order valence-corrected chi connectivity index (χ2v) is 7.22. The molecule has 8 heteroatoms. The van der Waals surface area contributed by atoms with Gasteiger partial charge in [-0.1, -0.05) is 6.07 Å². The molecule has 0 atom stereocenters. The normalized spacial score (nSPS) is 9.82. The molecule has 0 N–H and O–H groups in total. The molecule has 0 amide bonds. The van der Waals surface area contributed by atoms with Gasteiger partial charge >= 0.3 is 0 Å². The summed E-state index contributed by atoms with van der Waals surface area (Å²) in [5.74, 6) is 1.56. The van der Waals surface area contributed by atoms with E-state index in [1.54, 1.807) is 70.2 Å². The third kappa shape index (κ3) is 5.18. The lowest BCUT2D eigenvalue weighted by atomic mass is 10.1. The second-order valence-electron chi connectivity index (χ2n) is 7.22. The largest absolute Gasteiger partial charge is 0.455 e. The Balaban J connectivity index is 2.03. The van der Waals surface area contributed by atoms with Crippen molar-refractivity contribution in [2.45, 2.75) is 27.7 Å². The highest BCUT2D eigenvalue weighted by atomic mass is 16.5. The van der Waals surface area contributed by atoms with E-state index in [0.29, 0.717) is 22.9 Å². The van der Waals surface area contributed by atoms with E-state index in [0.717, 1.165) is 22.3 Å². The molecule has 0 fully saturated rings. The van der Waals surface area contributed by atoms with Crippen molar-refractivity contribution >= 4 is 35.3 Å². The first-order chi connectivity index (χ1) is 15.9. The Kier molecular flexibility index (Phi) is 7.09. The number of rotatable bonds is 7. The van der Waals surface area contributed by atoms with Crippen molar-refractivity contribution in [1.82, 2.24) is 0 Å². The van der Waals surface area contributed by atoms with Crippen LogP contribution in [0.25, 0.3) is 0 Å². The highest BCUT2D eigenvalue weighted by molar-refractivity contribution is 5.69. The highest BCUT2D eigenvalue weighted by Gasteiger charge is 2.16. The molecule has 0 spiro atoms. The molecular formula is C25H19N3O5. The predicted molar refractivity (Wildman–Crippen MR) is 122 cm³/mol. The summed E-state index contributed by atoms with van der Waals surface area (Å²) in [6.07, 6.45) is 4.60. The van der Waals surface area contributed by atoms with Crippen LogP contribution in [0.1, 0.15) is 22.3 Å². The topological polar surface area (TPSA) is 107 Å². The van der Waals surface area contributed by atoms with Gasteiger partial charge in [-0.05, 0) is 86.3 Å². The number of carbonyl (C=O) groups excluding carboxylic acids is 3. The van der Waals surface area contributed by atoms with Gasteiger partial charge in [-0.3, -0.25) is 0 Å². The number of para-hydroxylation sites is 1. The van der Waals surface area contributed by atoms with Crippen LogP contribution in [-0.4, -0.2) is 18.2 Å². The first-order valence-electron chi connectivity index (χ1n) is 9.82. The standard InChI is InChI=1S/C25H19N3O5/c1-15-10-23(17(3)8-19(15)26-12-29)32-21-6-5-7-22(25(21)28-14-31)33-24-11-16(2)20(27-13-30)9-18(24)4/h5-11H,1-4H3. The van der Waals surface area contributed by atoms with Gasteiger partial charge in [-0.15, -0.1) is 0 Å². The molecule has 3 rings (SSSR count). The van der Waals surface area contributed by atoms with E-state index in [4.69, 9.17) is 9.47 Å². The molecule has 0 aliphatic rings. The summed E-state index contributed by atoms with van der Waals surface area (Å²) in [5.41, 5.74) is 4.02. The lowest BCUT2D eigenvalue weighted by molar-refractivity contribution is 0.458. The van der Waals surface area contributed by atoms with E-state index in [1.165, 1.54) is 18.2 Å². The van der Waals surface area contributed by atoms with E-state index >= 15 is 0 Å². The predicted octanol–water partition coefficient (Wildman–Crippen LogP) is 6.41. The Hall–Kier alpha value is -4.60. The monoisotopic (exact) mass is 441 g/mol. The summed E-state index contributed by atoms with van der Waals surface area (Å²) in [5, 5.41) is 0. The minimum absolute atomic E-state index is 0.159. The first-order valence-corrected chi connectivity index (χ1v) is 9.82. The van der Waals surface area contributed by atoms with Gasteiger partial charge in [0.1, 0.15) is 11.5 Å². The number of hydrogen-bond acceptors (Lipinski definition) is 8. The average molecular weight is 441 g/mol. The Bertz CT molecular complexity index is 1280. The zero-order valence-electron chi connectivity index (χ0n) is 18.4. The molecule has 164 valence electrons. The van der Waals surface area contributed by atoms with Crippen LogP contribution < -0.4 is 9.47 Å². The molecule has 0 aliphatic carbocycles. The number of isocyanates is 3. The maximum absolute atomic E-state index is 11.2. The summed E-state index contributed by atoms with van der Waals surface area (Å²) in [6.45, 7) is 7.18. The van der Waals surface area contributed by atoms with Gasteiger partial charge in [0.2, 0.25) is 18.2 Å². The van der Waals surface area contributed by atoms with Gasteiger partial charge in [0, 0.05) is 0 Å². The van der Waals surface area contributed by atoms with Crippen LogP contribution in [0.2, 0.25) is 0 Å². The van der Waals surface area contributed by atoms with Crippen molar-refractivity contribution in [2.75, 3.05) is 0 Å². The molecular weight excluding hydrogens is 422 g/mol. The SMILES string of the molecule is Cc1cc(Oc2cccc(Oc3cc(C)c(N=C=O)cc3C)c2N=C=O)c(C)cc1N=C=O. The Labute approximate surface area is 189 Å². The van der Waals surface area contributed by atoms with Crippen LogP contribution in [0.3, 0.4) is 0 Å². The number of hydrogen-bond donors (Lipinski definition) is 0. The van der Waals surface area contributed by atoms with E-state index in [9.17, 15) is 14.4 Å².